The van der Waals surface area contributed by atoms with Gasteiger partial charge in [0.2, 0.25) is 5.91 Å². The van der Waals surface area contributed by atoms with E-state index in [9.17, 15) is 4.79 Å². The van der Waals surface area contributed by atoms with E-state index in [0.717, 1.165) is 17.7 Å². The summed E-state index contributed by atoms with van der Waals surface area (Å²) < 4.78 is 0. The van der Waals surface area contributed by atoms with Crippen LogP contribution in [0.25, 0.3) is 0 Å². The fourth-order valence-electron chi connectivity index (χ4n) is 1.48. The van der Waals surface area contributed by atoms with E-state index in [4.69, 9.17) is 5.73 Å². The molecule has 3 nitrogen and oxygen atoms in total. The molecule has 1 rings (SSSR count). The van der Waals surface area contributed by atoms with E-state index in [0.29, 0.717) is 12.3 Å². The third-order valence-corrected chi connectivity index (χ3v) is 3.61. The third kappa shape index (κ3) is 6.07. The molecule has 0 heterocycles. The number of carbonyl (C=O) groups excluding carboxylic acids is 1. The Morgan fingerprint density at radius 3 is 2.67 bits per heavy atom. The van der Waals surface area contributed by atoms with Crippen LogP contribution in [0.1, 0.15) is 18.9 Å². The predicted molar refractivity (Wildman–Crippen MR) is 78.5 cm³/mol. The second-order valence-corrected chi connectivity index (χ2v) is 5.66. The van der Waals surface area contributed by atoms with Gasteiger partial charge in [0.15, 0.2) is 0 Å². The molecule has 1 unspecified atom stereocenters. The van der Waals surface area contributed by atoms with Crippen molar-refractivity contribution >= 4 is 17.7 Å². The van der Waals surface area contributed by atoms with Crippen molar-refractivity contribution in [2.75, 3.05) is 18.6 Å². The van der Waals surface area contributed by atoms with Crippen LogP contribution < -0.4 is 5.73 Å². The molecular weight excluding hydrogens is 244 g/mol. The molecule has 0 fully saturated rings. The summed E-state index contributed by atoms with van der Waals surface area (Å²) in [6.45, 7) is 2.66. The van der Waals surface area contributed by atoms with Crippen LogP contribution in [0.5, 0.6) is 0 Å². The Balaban J connectivity index is 2.25. The lowest BCUT2D eigenvalue weighted by molar-refractivity contribution is -0.127. The summed E-state index contributed by atoms with van der Waals surface area (Å²) in [4.78, 5) is 13.6. The molecular formula is C14H22N2OS. The monoisotopic (exact) mass is 266 g/mol. The summed E-state index contributed by atoms with van der Waals surface area (Å²) in [7, 11) is 1.85. The first-order valence-corrected chi connectivity index (χ1v) is 7.36. The predicted octanol–water partition coefficient (Wildman–Crippen LogP) is 2.12. The van der Waals surface area contributed by atoms with Gasteiger partial charge >= 0.3 is 0 Å². The average molecular weight is 266 g/mol. The lowest BCUT2D eigenvalue weighted by Crippen LogP contribution is -2.28. The minimum atomic E-state index is 0.175. The van der Waals surface area contributed by atoms with Crippen LogP contribution in [0.2, 0.25) is 0 Å². The van der Waals surface area contributed by atoms with Gasteiger partial charge in [0.25, 0.3) is 0 Å². The van der Waals surface area contributed by atoms with Gasteiger partial charge in [-0.1, -0.05) is 30.3 Å². The molecule has 4 heteroatoms. The number of rotatable bonds is 7. The number of thioether (sulfide) groups is 1. The molecule has 0 aliphatic rings. The average Bonchev–Trinajstić information content (AvgIpc) is 2.35. The molecule has 1 amide bonds. The maximum absolute atomic E-state index is 11.9. The van der Waals surface area contributed by atoms with Gasteiger partial charge < -0.3 is 10.6 Å². The molecule has 0 bridgehead atoms. The van der Waals surface area contributed by atoms with E-state index < -0.39 is 0 Å². The highest BCUT2D eigenvalue weighted by Gasteiger charge is 2.09. The highest BCUT2D eigenvalue weighted by Crippen LogP contribution is 2.08. The summed E-state index contributed by atoms with van der Waals surface area (Å²) in [5, 5.41) is 0. The van der Waals surface area contributed by atoms with Crippen LogP contribution in [0.3, 0.4) is 0 Å². The van der Waals surface area contributed by atoms with Crippen molar-refractivity contribution in [2.24, 2.45) is 5.73 Å². The highest BCUT2D eigenvalue weighted by molar-refractivity contribution is 7.99. The molecule has 0 saturated heterocycles. The van der Waals surface area contributed by atoms with E-state index in [1.165, 1.54) is 0 Å². The summed E-state index contributed by atoms with van der Waals surface area (Å²) in [6, 6.07) is 10.3. The van der Waals surface area contributed by atoms with E-state index in [-0.39, 0.29) is 11.9 Å². The lowest BCUT2D eigenvalue weighted by atomic mass is 10.2. The normalized spacial score (nSPS) is 12.2. The third-order valence-electron chi connectivity index (χ3n) is 2.63. The Labute approximate surface area is 114 Å². The smallest absolute Gasteiger partial charge is 0.232 e. The molecule has 18 heavy (non-hydrogen) atoms. The number of carbonyl (C=O) groups is 1. The van der Waals surface area contributed by atoms with Crippen molar-refractivity contribution < 1.29 is 4.79 Å². The number of nitrogens with zero attached hydrogens (tertiary/aromatic N) is 1. The molecule has 0 radical (unpaired) electrons. The SMILES string of the molecule is CC(N)CCSCC(=O)N(C)Cc1ccccc1. The Kier molecular flexibility index (Phi) is 6.83. The van der Waals surface area contributed by atoms with Crippen molar-refractivity contribution in [1.82, 2.24) is 4.90 Å². The maximum atomic E-state index is 11.9. The molecule has 0 aliphatic heterocycles. The topological polar surface area (TPSA) is 46.3 Å². The number of benzene rings is 1. The molecule has 1 aromatic rings. The van der Waals surface area contributed by atoms with Crippen LogP contribution in [0.4, 0.5) is 0 Å². The van der Waals surface area contributed by atoms with E-state index in [1.54, 1.807) is 16.7 Å². The molecule has 0 aliphatic carbocycles. The molecule has 1 atom stereocenters. The fourth-order valence-corrected chi connectivity index (χ4v) is 2.56. The first-order chi connectivity index (χ1) is 8.59. The van der Waals surface area contributed by atoms with Gasteiger partial charge in [-0.05, 0) is 24.7 Å². The summed E-state index contributed by atoms with van der Waals surface area (Å²) in [6.07, 6.45) is 0.959. The van der Waals surface area contributed by atoms with Crippen molar-refractivity contribution in [3.63, 3.8) is 0 Å². The number of nitrogens with two attached hydrogens (primary N) is 1. The second kappa shape index (κ2) is 8.16. The first kappa shape index (κ1) is 15.1. The van der Waals surface area contributed by atoms with E-state index in [2.05, 4.69) is 0 Å². The lowest BCUT2D eigenvalue weighted by Gasteiger charge is -2.17. The van der Waals surface area contributed by atoms with Crippen molar-refractivity contribution in [3.8, 4) is 0 Å². The van der Waals surface area contributed by atoms with Gasteiger partial charge in [0, 0.05) is 19.6 Å². The van der Waals surface area contributed by atoms with Gasteiger partial charge in [-0.3, -0.25) is 4.79 Å². The molecule has 0 spiro atoms. The zero-order chi connectivity index (χ0) is 13.4. The zero-order valence-corrected chi connectivity index (χ0v) is 12.0. The Morgan fingerprint density at radius 2 is 2.06 bits per heavy atom. The minimum Gasteiger partial charge on any atom is -0.341 e. The highest BCUT2D eigenvalue weighted by atomic mass is 32.2. The Bertz CT molecular complexity index is 354. The van der Waals surface area contributed by atoms with E-state index >= 15 is 0 Å². The van der Waals surface area contributed by atoms with Crippen LogP contribution in [0.15, 0.2) is 30.3 Å². The van der Waals surface area contributed by atoms with Gasteiger partial charge in [0.1, 0.15) is 0 Å². The largest absolute Gasteiger partial charge is 0.341 e. The second-order valence-electron chi connectivity index (χ2n) is 4.55. The molecule has 0 aromatic heterocycles. The Morgan fingerprint density at radius 1 is 1.39 bits per heavy atom. The first-order valence-electron chi connectivity index (χ1n) is 6.21. The van der Waals surface area contributed by atoms with Gasteiger partial charge in [-0.25, -0.2) is 0 Å². The summed E-state index contributed by atoms with van der Waals surface area (Å²) >= 11 is 1.66. The van der Waals surface area contributed by atoms with Crippen molar-refractivity contribution in [1.29, 1.82) is 0 Å². The van der Waals surface area contributed by atoms with Gasteiger partial charge in [-0.15, -0.1) is 0 Å². The molecule has 1 aromatic carbocycles. The Hall–Kier alpha value is -1.00. The number of amides is 1. The fraction of sp³-hybridized carbons (Fsp3) is 0.500. The van der Waals surface area contributed by atoms with E-state index in [1.807, 2.05) is 44.3 Å². The summed E-state index contributed by atoms with van der Waals surface area (Å²) in [5.41, 5.74) is 6.82. The van der Waals surface area contributed by atoms with Crippen LogP contribution in [-0.4, -0.2) is 35.4 Å². The summed E-state index contributed by atoms with van der Waals surface area (Å²) in [5.74, 6) is 1.66. The van der Waals surface area contributed by atoms with Gasteiger partial charge in [-0.2, -0.15) is 11.8 Å². The number of hydrogen-bond acceptors (Lipinski definition) is 3. The van der Waals surface area contributed by atoms with Crippen molar-refractivity contribution in [3.05, 3.63) is 35.9 Å². The van der Waals surface area contributed by atoms with Crippen molar-refractivity contribution in [2.45, 2.75) is 25.9 Å². The zero-order valence-electron chi connectivity index (χ0n) is 11.1. The molecule has 0 saturated carbocycles. The van der Waals surface area contributed by atoms with Crippen LogP contribution in [-0.2, 0) is 11.3 Å². The maximum Gasteiger partial charge on any atom is 0.232 e. The van der Waals surface area contributed by atoms with Crippen LogP contribution >= 0.6 is 11.8 Å². The minimum absolute atomic E-state index is 0.175. The van der Waals surface area contributed by atoms with Gasteiger partial charge in [0.05, 0.1) is 5.75 Å². The molecule has 100 valence electrons. The quantitative estimate of drug-likeness (QED) is 0.769. The molecule has 2 N–H and O–H groups in total. The standard InChI is InChI=1S/C14H22N2OS/c1-12(15)8-9-18-11-14(17)16(2)10-13-6-4-3-5-7-13/h3-7,12H,8-11,15H2,1-2H3. The van der Waals surface area contributed by atoms with Crippen LogP contribution in [0, 0.1) is 0 Å². The number of hydrogen-bond donors (Lipinski definition) is 1.